The van der Waals surface area contributed by atoms with E-state index in [0.29, 0.717) is 11.6 Å². The largest absolute Gasteiger partial charge is 0.481 e. The Balaban J connectivity index is 2.41. The zero-order valence-electron chi connectivity index (χ0n) is 16.8. The third-order valence-electron chi connectivity index (χ3n) is 4.52. The fourth-order valence-electron chi connectivity index (χ4n) is 2.52. The van der Waals surface area contributed by atoms with Crippen LogP contribution < -0.4 is 5.32 Å². The van der Waals surface area contributed by atoms with Gasteiger partial charge >= 0.3 is 5.97 Å². The average Bonchev–Trinajstić information content (AvgIpc) is 2.63. The van der Waals surface area contributed by atoms with Crippen molar-refractivity contribution in [1.82, 2.24) is 0 Å². The van der Waals surface area contributed by atoms with Crippen LogP contribution in [0.4, 0.5) is 14.5 Å². The lowest BCUT2D eigenvalue weighted by Gasteiger charge is -2.22. The number of anilines is 1. The molecule has 1 atom stereocenters. The van der Waals surface area contributed by atoms with Crippen LogP contribution in [-0.2, 0) is 15.0 Å². The summed E-state index contributed by atoms with van der Waals surface area (Å²) in [5, 5.41) is 12.1. The molecule has 6 heteroatoms. The highest BCUT2D eigenvalue weighted by molar-refractivity contribution is 5.95. The van der Waals surface area contributed by atoms with Crippen LogP contribution in [0.5, 0.6) is 0 Å². The maximum atomic E-state index is 14.3. The summed E-state index contributed by atoms with van der Waals surface area (Å²) < 4.78 is 28.0. The Morgan fingerprint density at radius 3 is 2.24 bits per heavy atom. The van der Waals surface area contributed by atoms with Gasteiger partial charge in [-0.15, -0.1) is 0 Å². The number of carbonyl (C=O) groups is 2. The third-order valence-corrected chi connectivity index (χ3v) is 4.52. The van der Waals surface area contributed by atoms with E-state index in [9.17, 15) is 23.5 Å². The normalized spacial score (nSPS) is 13.0. The number of carbonyl (C=O) groups excluding carboxylic acids is 1. The molecule has 2 N–H and O–H groups in total. The van der Waals surface area contributed by atoms with Gasteiger partial charge < -0.3 is 10.4 Å². The van der Waals surface area contributed by atoms with Gasteiger partial charge in [-0.3, -0.25) is 9.59 Å². The maximum absolute atomic E-state index is 14.3. The molecule has 0 aromatic heterocycles. The average molecular weight is 399 g/mol. The summed E-state index contributed by atoms with van der Waals surface area (Å²) in [4.78, 5) is 24.1. The standard InChI is InChI=1S/C23H23F2NO3/c1-22(2,3)20(27)26-19-15(13-17(24)14-18(19)25)9-8-12-23(4,21(28)29)16-10-6-5-7-11-16/h5-7,10-11,13-14H,12H2,1-4H3,(H,26,27)(H,28,29). The molecule has 0 spiro atoms. The second-order valence-corrected chi connectivity index (χ2v) is 8.00. The van der Waals surface area contributed by atoms with Crippen molar-refractivity contribution in [2.45, 2.75) is 39.5 Å². The molecule has 0 fully saturated rings. The molecule has 0 bridgehead atoms. The Morgan fingerprint density at radius 1 is 1.07 bits per heavy atom. The molecular formula is C23H23F2NO3. The second kappa shape index (κ2) is 8.44. The van der Waals surface area contributed by atoms with E-state index < -0.39 is 34.3 Å². The first-order valence-corrected chi connectivity index (χ1v) is 9.03. The molecule has 0 radical (unpaired) electrons. The van der Waals surface area contributed by atoms with E-state index in [2.05, 4.69) is 17.2 Å². The second-order valence-electron chi connectivity index (χ2n) is 8.00. The minimum atomic E-state index is -1.30. The summed E-state index contributed by atoms with van der Waals surface area (Å²) in [6.07, 6.45) is -0.0862. The van der Waals surface area contributed by atoms with Crippen molar-refractivity contribution < 1.29 is 23.5 Å². The molecule has 0 heterocycles. The van der Waals surface area contributed by atoms with E-state index in [1.165, 1.54) is 6.92 Å². The summed E-state index contributed by atoms with van der Waals surface area (Å²) in [6.45, 7) is 6.52. The first kappa shape index (κ1) is 22.1. The van der Waals surface area contributed by atoms with Gasteiger partial charge in [0.05, 0.1) is 11.3 Å². The van der Waals surface area contributed by atoms with E-state index >= 15 is 0 Å². The molecule has 0 aliphatic heterocycles. The Labute approximate surface area is 169 Å². The van der Waals surface area contributed by atoms with Gasteiger partial charge in [0.2, 0.25) is 5.91 Å². The molecule has 0 aliphatic rings. The van der Waals surface area contributed by atoms with Crippen LogP contribution in [0.15, 0.2) is 42.5 Å². The van der Waals surface area contributed by atoms with E-state index in [0.717, 1.165) is 6.07 Å². The van der Waals surface area contributed by atoms with Crippen LogP contribution in [-0.4, -0.2) is 17.0 Å². The van der Waals surface area contributed by atoms with Crippen molar-refractivity contribution in [3.63, 3.8) is 0 Å². The molecule has 2 rings (SSSR count). The summed E-state index contributed by atoms with van der Waals surface area (Å²) >= 11 is 0. The van der Waals surface area contributed by atoms with E-state index in [4.69, 9.17) is 0 Å². The number of benzene rings is 2. The molecule has 0 saturated carbocycles. The zero-order valence-corrected chi connectivity index (χ0v) is 16.8. The highest BCUT2D eigenvalue weighted by Gasteiger charge is 2.34. The summed E-state index contributed by atoms with van der Waals surface area (Å²) in [5.41, 5.74) is -1.81. The number of aliphatic carboxylic acids is 1. The molecule has 0 saturated heterocycles. The SMILES string of the molecule is CC(C)(C)C(=O)Nc1c(F)cc(F)cc1C#CCC(C)(C(=O)O)c1ccccc1. The molecule has 4 nitrogen and oxygen atoms in total. The first-order valence-electron chi connectivity index (χ1n) is 9.03. The molecule has 1 unspecified atom stereocenters. The van der Waals surface area contributed by atoms with Crippen LogP contribution in [0.1, 0.15) is 45.2 Å². The Hall–Kier alpha value is -3.20. The number of amides is 1. The maximum Gasteiger partial charge on any atom is 0.314 e. The van der Waals surface area contributed by atoms with Gasteiger partial charge in [0.1, 0.15) is 11.2 Å². The molecule has 29 heavy (non-hydrogen) atoms. The Morgan fingerprint density at radius 2 is 1.69 bits per heavy atom. The smallest absolute Gasteiger partial charge is 0.314 e. The monoisotopic (exact) mass is 399 g/mol. The van der Waals surface area contributed by atoms with Crippen molar-refractivity contribution in [1.29, 1.82) is 0 Å². The highest BCUT2D eigenvalue weighted by Crippen LogP contribution is 2.28. The van der Waals surface area contributed by atoms with E-state index in [1.54, 1.807) is 51.1 Å². The van der Waals surface area contributed by atoms with Crippen LogP contribution in [0, 0.1) is 28.9 Å². The van der Waals surface area contributed by atoms with E-state index in [-0.39, 0.29) is 17.7 Å². The predicted octanol–water partition coefficient (Wildman–Crippen LogP) is 4.73. The van der Waals surface area contributed by atoms with Crippen molar-refractivity contribution in [2.75, 3.05) is 5.32 Å². The van der Waals surface area contributed by atoms with Gasteiger partial charge in [-0.1, -0.05) is 62.9 Å². The van der Waals surface area contributed by atoms with Crippen molar-refractivity contribution >= 4 is 17.6 Å². The van der Waals surface area contributed by atoms with Crippen LogP contribution >= 0.6 is 0 Å². The third kappa shape index (κ3) is 5.20. The van der Waals surface area contributed by atoms with Crippen LogP contribution in [0.3, 0.4) is 0 Å². The molecule has 0 aliphatic carbocycles. The lowest BCUT2D eigenvalue weighted by Crippen LogP contribution is -2.31. The number of carboxylic acid groups (broad SMARTS) is 1. The summed E-state index contributed by atoms with van der Waals surface area (Å²) in [7, 11) is 0. The Kier molecular flexibility index (Phi) is 6.43. The van der Waals surface area contributed by atoms with Crippen molar-refractivity contribution in [3.8, 4) is 11.8 Å². The zero-order chi connectivity index (χ0) is 21.8. The van der Waals surface area contributed by atoms with Gasteiger partial charge in [-0.2, -0.15) is 0 Å². The van der Waals surface area contributed by atoms with Crippen molar-refractivity contribution in [3.05, 3.63) is 65.2 Å². The molecule has 2 aromatic rings. The number of rotatable bonds is 4. The van der Waals surface area contributed by atoms with E-state index in [1.807, 2.05) is 0 Å². The van der Waals surface area contributed by atoms with Gasteiger partial charge in [0, 0.05) is 17.9 Å². The predicted molar refractivity (Wildman–Crippen MR) is 107 cm³/mol. The number of hydrogen-bond donors (Lipinski definition) is 2. The van der Waals surface area contributed by atoms with Gasteiger partial charge in [0.25, 0.3) is 0 Å². The number of halogens is 2. The summed E-state index contributed by atoms with van der Waals surface area (Å²) in [5.74, 6) is 2.03. The fourth-order valence-corrected chi connectivity index (χ4v) is 2.52. The van der Waals surface area contributed by atoms with Crippen LogP contribution in [0.25, 0.3) is 0 Å². The first-order chi connectivity index (χ1) is 13.4. The van der Waals surface area contributed by atoms with Crippen molar-refractivity contribution in [2.24, 2.45) is 5.41 Å². The molecule has 152 valence electrons. The van der Waals surface area contributed by atoms with Gasteiger partial charge in [0.15, 0.2) is 5.82 Å². The number of carboxylic acids is 1. The number of nitrogens with one attached hydrogen (secondary N) is 1. The molecule has 1 amide bonds. The molecule has 2 aromatic carbocycles. The fraction of sp³-hybridized carbons (Fsp3) is 0.304. The number of hydrogen-bond acceptors (Lipinski definition) is 2. The topological polar surface area (TPSA) is 66.4 Å². The quantitative estimate of drug-likeness (QED) is 0.731. The van der Waals surface area contributed by atoms with Gasteiger partial charge in [-0.05, 0) is 18.6 Å². The minimum absolute atomic E-state index is 0.0547. The lowest BCUT2D eigenvalue weighted by atomic mass is 9.80. The lowest BCUT2D eigenvalue weighted by molar-refractivity contribution is -0.143. The summed E-state index contributed by atoms with van der Waals surface area (Å²) in [6, 6.07) is 10.3. The highest BCUT2D eigenvalue weighted by atomic mass is 19.1. The van der Waals surface area contributed by atoms with Crippen LogP contribution in [0.2, 0.25) is 0 Å². The van der Waals surface area contributed by atoms with Gasteiger partial charge in [-0.25, -0.2) is 8.78 Å². The Bertz CT molecular complexity index is 985. The minimum Gasteiger partial charge on any atom is -0.481 e. The molecular weight excluding hydrogens is 376 g/mol.